The van der Waals surface area contributed by atoms with Crippen LogP contribution in [-0.4, -0.2) is 41.2 Å². The van der Waals surface area contributed by atoms with Gasteiger partial charge < -0.3 is 5.32 Å². The number of hydrogen-bond donors (Lipinski definition) is 1. The standard InChI is InChI=1S/C17H13F2NO2.Na.H/c18-13-4-2-5-14(19)16(13)17(22)20-11-7-8-12-10(9-11)3-1-6-15(12)21;;/h2,4-5,7-9H,1,3,6H2,(H,20,22);;. The van der Waals surface area contributed by atoms with Crippen LogP contribution in [0, 0.1) is 11.6 Å². The van der Waals surface area contributed by atoms with Crippen molar-refractivity contribution in [2.24, 2.45) is 0 Å². The summed E-state index contributed by atoms with van der Waals surface area (Å²) in [5.41, 5.74) is 1.31. The molecule has 0 unspecified atom stereocenters. The van der Waals surface area contributed by atoms with E-state index >= 15 is 0 Å². The molecule has 1 aliphatic carbocycles. The predicted octanol–water partition coefficient (Wildman–Crippen LogP) is 3.09. The van der Waals surface area contributed by atoms with E-state index in [9.17, 15) is 18.4 Å². The van der Waals surface area contributed by atoms with Crippen LogP contribution in [0.4, 0.5) is 14.5 Å². The van der Waals surface area contributed by atoms with Gasteiger partial charge in [0.15, 0.2) is 5.78 Å². The first-order valence-electron chi connectivity index (χ1n) is 6.98. The molecular weight excluding hydrogens is 311 g/mol. The van der Waals surface area contributed by atoms with Gasteiger partial charge in [-0.25, -0.2) is 8.78 Å². The fourth-order valence-electron chi connectivity index (χ4n) is 2.63. The van der Waals surface area contributed by atoms with E-state index in [1.807, 2.05) is 0 Å². The molecule has 3 nitrogen and oxygen atoms in total. The van der Waals surface area contributed by atoms with Gasteiger partial charge in [0.25, 0.3) is 5.91 Å². The summed E-state index contributed by atoms with van der Waals surface area (Å²) < 4.78 is 27.2. The second kappa shape index (κ2) is 7.34. The summed E-state index contributed by atoms with van der Waals surface area (Å²) >= 11 is 0. The van der Waals surface area contributed by atoms with Crippen molar-refractivity contribution in [3.8, 4) is 0 Å². The quantitative estimate of drug-likeness (QED) is 0.863. The molecule has 23 heavy (non-hydrogen) atoms. The number of anilines is 1. The van der Waals surface area contributed by atoms with Crippen LogP contribution in [0.15, 0.2) is 36.4 Å². The average molecular weight is 325 g/mol. The number of ketones is 1. The average Bonchev–Trinajstić information content (AvgIpc) is 2.47. The SMILES string of the molecule is O=C1CCCc2cc(NC(=O)c3c(F)cccc3F)ccc21.[NaH]. The maximum absolute atomic E-state index is 13.6. The Kier molecular flexibility index (Phi) is 5.68. The molecule has 0 fully saturated rings. The monoisotopic (exact) mass is 325 g/mol. The topological polar surface area (TPSA) is 46.2 Å². The minimum atomic E-state index is -0.911. The first kappa shape index (κ1) is 17.8. The minimum absolute atomic E-state index is 0. The Bertz CT molecular complexity index is 757. The molecule has 0 saturated heterocycles. The van der Waals surface area contributed by atoms with E-state index in [0.29, 0.717) is 17.7 Å². The fourth-order valence-corrected chi connectivity index (χ4v) is 2.63. The molecule has 1 N–H and O–H groups in total. The number of hydrogen-bond acceptors (Lipinski definition) is 2. The molecule has 3 rings (SSSR count). The number of aryl methyl sites for hydroxylation is 1. The second-order valence-corrected chi connectivity index (χ2v) is 5.20. The van der Waals surface area contributed by atoms with E-state index in [4.69, 9.17) is 0 Å². The van der Waals surface area contributed by atoms with Gasteiger partial charge in [0.1, 0.15) is 17.2 Å². The Labute approximate surface area is 154 Å². The van der Waals surface area contributed by atoms with Crippen LogP contribution < -0.4 is 5.32 Å². The molecule has 0 aliphatic heterocycles. The molecule has 0 heterocycles. The fraction of sp³-hybridized carbons (Fsp3) is 0.176. The number of carbonyl (C=O) groups excluding carboxylic acids is 2. The van der Waals surface area contributed by atoms with E-state index in [1.165, 1.54) is 6.07 Å². The van der Waals surface area contributed by atoms with Gasteiger partial charge in [-0.1, -0.05) is 6.07 Å². The van der Waals surface area contributed by atoms with Gasteiger partial charge in [0.2, 0.25) is 0 Å². The van der Waals surface area contributed by atoms with Crippen LogP contribution in [0.5, 0.6) is 0 Å². The molecule has 2 aromatic carbocycles. The van der Waals surface area contributed by atoms with Gasteiger partial charge in [-0.3, -0.25) is 9.59 Å². The normalized spacial score (nSPS) is 13.0. The van der Waals surface area contributed by atoms with Crippen LogP contribution in [-0.2, 0) is 6.42 Å². The maximum atomic E-state index is 13.6. The number of carbonyl (C=O) groups is 2. The van der Waals surface area contributed by atoms with Gasteiger partial charge >= 0.3 is 29.6 Å². The van der Waals surface area contributed by atoms with Crippen LogP contribution >= 0.6 is 0 Å². The summed E-state index contributed by atoms with van der Waals surface area (Å²) in [5.74, 6) is -2.59. The van der Waals surface area contributed by atoms with Crippen LogP contribution in [0.2, 0.25) is 0 Å². The molecule has 0 bridgehead atoms. The Morgan fingerprint density at radius 2 is 1.74 bits per heavy atom. The van der Waals surface area contributed by atoms with Gasteiger partial charge in [-0.2, -0.15) is 0 Å². The predicted molar refractivity (Wildman–Crippen MR) is 85.2 cm³/mol. The molecular formula is C17H14F2NNaO2. The van der Waals surface area contributed by atoms with Crippen molar-refractivity contribution in [3.63, 3.8) is 0 Å². The molecule has 1 aliphatic rings. The number of amides is 1. The third-order valence-corrected chi connectivity index (χ3v) is 3.70. The molecule has 0 atom stereocenters. The number of rotatable bonds is 2. The Morgan fingerprint density at radius 1 is 1.04 bits per heavy atom. The molecule has 0 aromatic heterocycles. The van der Waals surface area contributed by atoms with E-state index < -0.39 is 23.1 Å². The van der Waals surface area contributed by atoms with Crippen molar-refractivity contribution in [3.05, 3.63) is 64.7 Å². The molecule has 114 valence electrons. The van der Waals surface area contributed by atoms with Crippen LogP contribution in [0.3, 0.4) is 0 Å². The molecule has 0 radical (unpaired) electrons. The Hall–Kier alpha value is -1.56. The zero-order valence-electron chi connectivity index (χ0n) is 11.7. The first-order chi connectivity index (χ1) is 10.6. The first-order valence-corrected chi connectivity index (χ1v) is 6.98. The van der Waals surface area contributed by atoms with E-state index in [0.717, 1.165) is 30.5 Å². The number of nitrogens with one attached hydrogen (secondary N) is 1. The van der Waals surface area contributed by atoms with Crippen LogP contribution in [0.25, 0.3) is 0 Å². The second-order valence-electron chi connectivity index (χ2n) is 5.20. The van der Waals surface area contributed by atoms with E-state index in [1.54, 1.807) is 18.2 Å². The van der Waals surface area contributed by atoms with Crippen molar-refractivity contribution in [2.75, 3.05) is 5.32 Å². The molecule has 0 saturated carbocycles. The summed E-state index contributed by atoms with van der Waals surface area (Å²) in [6.45, 7) is 0. The number of fused-ring (bicyclic) bond motifs is 1. The van der Waals surface area contributed by atoms with Crippen molar-refractivity contribution < 1.29 is 18.4 Å². The van der Waals surface area contributed by atoms with Gasteiger partial charge in [-0.15, -0.1) is 0 Å². The van der Waals surface area contributed by atoms with Crippen molar-refractivity contribution in [1.82, 2.24) is 0 Å². The molecule has 2 aromatic rings. The van der Waals surface area contributed by atoms with Gasteiger partial charge in [0.05, 0.1) is 0 Å². The van der Waals surface area contributed by atoms with Crippen molar-refractivity contribution >= 4 is 46.9 Å². The van der Waals surface area contributed by atoms with Crippen LogP contribution in [0.1, 0.15) is 39.1 Å². The third-order valence-electron chi connectivity index (χ3n) is 3.70. The van der Waals surface area contributed by atoms with Crippen molar-refractivity contribution in [2.45, 2.75) is 19.3 Å². The number of Topliss-reactive ketones (excluding diaryl/α,β-unsaturated/α-hetero) is 1. The number of benzene rings is 2. The zero-order chi connectivity index (χ0) is 15.7. The summed E-state index contributed by atoms with van der Waals surface area (Å²) in [7, 11) is 0. The van der Waals surface area contributed by atoms with Gasteiger partial charge in [-0.05, 0) is 48.7 Å². The summed E-state index contributed by atoms with van der Waals surface area (Å²) in [6, 6.07) is 8.16. The van der Waals surface area contributed by atoms with Gasteiger partial charge in [0, 0.05) is 17.7 Å². The zero-order valence-corrected chi connectivity index (χ0v) is 11.7. The molecule has 6 heteroatoms. The third kappa shape index (κ3) is 3.68. The summed E-state index contributed by atoms with van der Waals surface area (Å²) in [4.78, 5) is 23.8. The summed E-state index contributed by atoms with van der Waals surface area (Å²) in [6.07, 6.45) is 2.04. The van der Waals surface area contributed by atoms with E-state index in [-0.39, 0.29) is 35.3 Å². The Morgan fingerprint density at radius 3 is 2.43 bits per heavy atom. The van der Waals surface area contributed by atoms with E-state index in [2.05, 4.69) is 5.32 Å². The van der Waals surface area contributed by atoms with Crippen molar-refractivity contribution in [1.29, 1.82) is 0 Å². The Balaban J connectivity index is 0.00000192. The molecule has 1 amide bonds. The summed E-state index contributed by atoms with van der Waals surface area (Å²) in [5, 5.41) is 2.47. The molecule has 0 spiro atoms. The number of halogens is 2.